The van der Waals surface area contributed by atoms with E-state index in [1.807, 2.05) is 90.5 Å². The van der Waals surface area contributed by atoms with Gasteiger partial charge in [0.1, 0.15) is 10.6 Å². The molecule has 6 rings (SSSR count). The molecule has 1 fully saturated rings. The Morgan fingerprint density at radius 2 is 1.73 bits per heavy atom. The Morgan fingerprint density at radius 1 is 1.04 bits per heavy atom. The molecule has 0 spiro atoms. The topological polar surface area (TPSA) is 99.0 Å². The van der Waals surface area contributed by atoms with E-state index in [4.69, 9.17) is 35.9 Å². The van der Waals surface area contributed by atoms with Crippen molar-refractivity contribution in [2.75, 3.05) is 31.6 Å². The fraction of sp³-hybridized carbons (Fsp3) is 0.450. The zero-order valence-electron chi connectivity index (χ0n) is 31.7. The summed E-state index contributed by atoms with van der Waals surface area (Å²) in [4.78, 5) is 35.5. The molecule has 10 nitrogen and oxygen atoms in total. The molecule has 5 aromatic rings. The van der Waals surface area contributed by atoms with Crippen LogP contribution in [0.3, 0.4) is 0 Å². The molecular formula is C40H48ClN5O5S. The van der Waals surface area contributed by atoms with Crippen LogP contribution < -0.4 is 4.90 Å². The molecule has 52 heavy (non-hydrogen) atoms. The van der Waals surface area contributed by atoms with Gasteiger partial charge in [-0.3, -0.25) is 4.68 Å². The van der Waals surface area contributed by atoms with Gasteiger partial charge in [-0.05, 0) is 109 Å². The minimum atomic E-state index is -0.950. The molecule has 0 unspecified atom stereocenters. The minimum Gasteiger partial charge on any atom is -0.464 e. The lowest BCUT2D eigenvalue weighted by atomic mass is 9.91. The summed E-state index contributed by atoms with van der Waals surface area (Å²) in [5.41, 5.74) is 5.01. The standard InChI is InChI=1S/C40H48ClN5O5S/c1-11-49-37(47)33(50-39(3,4)5)31-23(2)20-29-34(32(31)24-12-15-26(41)16-13-24)52-36(42-29)25-14-17-30-28(21-25)35(43-45(30)10)46-19-18-27(22-46)44(9)38(48)51-40(6,7)8/h12-17,20-21,27,33H,11,18-19,22H2,1-10H3/t27-,33-/m0/s1. The molecule has 0 aliphatic carbocycles. The van der Waals surface area contributed by atoms with Crippen LogP contribution in [0.15, 0.2) is 48.5 Å². The van der Waals surface area contributed by atoms with E-state index >= 15 is 0 Å². The molecule has 2 aromatic heterocycles. The number of amides is 1. The number of aryl methyl sites for hydroxylation is 2. The molecule has 0 saturated carbocycles. The summed E-state index contributed by atoms with van der Waals surface area (Å²) in [6.45, 7) is 16.9. The number of hydrogen-bond acceptors (Lipinski definition) is 9. The third-order valence-corrected chi connectivity index (χ3v) is 10.5. The minimum absolute atomic E-state index is 0.00349. The van der Waals surface area contributed by atoms with Crippen LogP contribution in [0.5, 0.6) is 0 Å². The molecule has 1 aliphatic rings. The second kappa shape index (κ2) is 14.3. The van der Waals surface area contributed by atoms with Crippen molar-refractivity contribution in [3.63, 3.8) is 0 Å². The number of hydrogen-bond donors (Lipinski definition) is 0. The van der Waals surface area contributed by atoms with Gasteiger partial charge in [-0.1, -0.05) is 23.7 Å². The van der Waals surface area contributed by atoms with Crippen LogP contribution in [0.25, 0.3) is 42.8 Å². The van der Waals surface area contributed by atoms with Crippen LogP contribution in [0, 0.1) is 6.92 Å². The number of rotatable bonds is 8. The summed E-state index contributed by atoms with van der Waals surface area (Å²) in [5, 5.41) is 7.40. The number of aromatic nitrogens is 3. The Bertz CT molecular complexity index is 2130. The van der Waals surface area contributed by atoms with Crippen molar-refractivity contribution in [3.05, 3.63) is 64.7 Å². The lowest BCUT2D eigenvalue weighted by Gasteiger charge is -2.29. The van der Waals surface area contributed by atoms with E-state index in [1.165, 1.54) is 0 Å². The number of fused-ring (bicyclic) bond motifs is 2. The molecule has 0 radical (unpaired) electrons. The average Bonchev–Trinajstić information content (AvgIpc) is 3.79. The van der Waals surface area contributed by atoms with E-state index in [1.54, 1.807) is 30.2 Å². The second-order valence-corrected chi connectivity index (χ2v) is 16.8. The highest BCUT2D eigenvalue weighted by Gasteiger charge is 2.35. The number of anilines is 1. The van der Waals surface area contributed by atoms with Crippen molar-refractivity contribution in [2.24, 2.45) is 7.05 Å². The zero-order valence-corrected chi connectivity index (χ0v) is 33.2. The first-order chi connectivity index (χ1) is 24.4. The third kappa shape index (κ3) is 7.77. The first kappa shape index (κ1) is 37.6. The van der Waals surface area contributed by atoms with E-state index in [9.17, 15) is 9.59 Å². The average molecular weight is 746 g/mol. The fourth-order valence-electron chi connectivity index (χ4n) is 6.72. The maximum absolute atomic E-state index is 13.6. The second-order valence-electron chi connectivity index (χ2n) is 15.4. The highest BCUT2D eigenvalue weighted by Crippen LogP contribution is 2.45. The number of thiazole rings is 1. The predicted molar refractivity (Wildman–Crippen MR) is 209 cm³/mol. The maximum Gasteiger partial charge on any atom is 0.410 e. The van der Waals surface area contributed by atoms with E-state index in [0.717, 1.165) is 72.7 Å². The molecule has 12 heteroatoms. The maximum atomic E-state index is 13.6. The Labute approximate surface area is 314 Å². The number of halogens is 1. The molecule has 1 amide bonds. The van der Waals surface area contributed by atoms with Gasteiger partial charge < -0.3 is 24.0 Å². The van der Waals surface area contributed by atoms with Crippen LogP contribution in [-0.2, 0) is 26.1 Å². The van der Waals surface area contributed by atoms with Gasteiger partial charge in [0.15, 0.2) is 11.9 Å². The summed E-state index contributed by atoms with van der Waals surface area (Å²) < 4.78 is 20.5. The molecule has 3 heterocycles. The van der Waals surface area contributed by atoms with E-state index < -0.39 is 23.3 Å². The van der Waals surface area contributed by atoms with Gasteiger partial charge in [0.05, 0.1) is 34.0 Å². The van der Waals surface area contributed by atoms with Gasteiger partial charge in [0, 0.05) is 54.3 Å². The quantitative estimate of drug-likeness (QED) is 0.145. The van der Waals surface area contributed by atoms with Crippen molar-refractivity contribution in [1.82, 2.24) is 19.7 Å². The first-order valence-corrected chi connectivity index (χ1v) is 18.9. The van der Waals surface area contributed by atoms with Crippen molar-refractivity contribution >= 4 is 61.9 Å². The number of carbonyl (C=O) groups excluding carboxylic acids is 2. The summed E-state index contributed by atoms with van der Waals surface area (Å²) in [5.74, 6) is 0.438. The van der Waals surface area contributed by atoms with Gasteiger partial charge in [-0.25, -0.2) is 14.6 Å². The lowest BCUT2D eigenvalue weighted by molar-refractivity contribution is -0.166. The summed E-state index contributed by atoms with van der Waals surface area (Å²) in [7, 11) is 3.76. The number of likely N-dealkylation sites (N-methyl/N-ethyl adjacent to an activating group) is 1. The molecule has 2 atom stereocenters. The Hall–Kier alpha value is -4.19. The third-order valence-electron chi connectivity index (χ3n) is 9.06. The highest BCUT2D eigenvalue weighted by atomic mass is 35.5. The zero-order chi connectivity index (χ0) is 37.7. The number of nitrogens with zero attached hydrogens (tertiary/aromatic N) is 5. The van der Waals surface area contributed by atoms with E-state index in [0.29, 0.717) is 11.6 Å². The summed E-state index contributed by atoms with van der Waals surface area (Å²) in [6.07, 6.45) is -0.460. The monoisotopic (exact) mass is 745 g/mol. The Kier molecular flexibility index (Phi) is 10.3. The van der Waals surface area contributed by atoms with Crippen LogP contribution in [0.2, 0.25) is 5.02 Å². The molecular weight excluding hydrogens is 698 g/mol. The van der Waals surface area contributed by atoms with Gasteiger partial charge in [0.25, 0.3) is 0 Å². The number of ether oxygens (including phenoxy) is 3. The van der Waals surface area contributed by atoms with Crippen LogP contribution in [0.1, 0.15) is 72.1 Å². The fourth-order valence-corrected chi connectivity index (χ4v) is 7.97. The van der Waals surface area contributed by atoms with Crippen molar-refractivity contribution in [3.8, 4) is 21.7 Å². The molecule has 0 N–H and O–H groups in total. The van der Waals surface area contributed by atoms with Crippen molar-refractivity contribution in [1.29, 1.82) is 0 Å². The molecule has 3 aromatic carbocycles. The largest absolute Gasteiger partial charge is 0.464 e. The number of benzene rings is 3. The lowest BCUT2D eigenvalue weighted by Crippen LogP contribution is -2.42. The normalized spacial score (nSPS) is 15.8. The van der Waals surface area contributed by atoms with Crippen LogP contribution >= 0.6 is 22.9 Å². The highest BCUT2D eigenvalue weighted by molar-refractivity contribution is 7.22. The van der Waals surface area contributed by atoms with Gasteiger partial charge in [-0.15, -0.1) is 11.3 Å². The SMILES string of the molecule is CCOC(=O)[C@@H](OC(C)(C)C)c1c(C)cc2nc(-c3ccc4c(c3)c(N3CC[C@H](N(C)C(=O)OC(C)(C)C)C3)nn4C)sc2c1-c1ccc(Cl)cc1. The molecule has 276 valence electrons. The van der Waals surface area contributed by atoms with Crippen LogP contribution in [-0.4, -0.2) is 75.7 Å². The first-order valence-electron chi connectivity index (χ1n) is 17.7. The smallest absolute Gasteiger partial charge is 0.410 e. The van der Waals surface area contributed by atoms with E-state index in [-0.39, 0.29) is 18.7 Å². The number of esters is 1. The van der Waals surface area contributed by atoms with Crippen molar-refractivity contribution in [2.45, 2.75) is 85.2 Å². The number of carbonyl (C=O) groups is 2. The Morgan fingerprint density at radius 3 is 2.38 bits per heavy atom. The Balaban J connectivity index is 1.43. The van der Waals surface area contributed by atoms with Gasteiger partial charge >= 0.3 is 12.1 Å². The van der Waals surface area contributed by atoms with Gasteiger partial charge in [-0.2, -0.15) is 5.10 Å². The summed E-state index contributed by atoms with van der Waals surface area (Å²) in [6, 6.07) is 16.0. The molecule has 0 bridgehead atoms. The summed E-state index contributed by atoms with van der Waals surface area (Å²) >= 11 is 7.92. The van der Waals surface area contributed by atoms with Crippen LogP contribution in [0.4, 0.5) is 10.6 Å². The van der Waals surface area contributed by atoms with E-state index in [2.05, 4.69) is 23.1 Å². The predicted octanol–water partition coefficient (Wildman–Crippen LogP) is 9.34. The molecule has 1 saturated heterocycles. The van der Waals surface area contributed by atoms with Gasteiger partial charge in [0.2, 0.25) is 0 Å². The molecule has 1 aliphatic heterocycles. The van der Waals surface area contributed by atoms with Crippen molar-refractivity contribution < 1.29 is 23.8 Å².